The molecule has 1 aromatic carbocycles. The molecular formula is C16H17FN4O3. The smallest absolute Gasteiger partial charge is 0.274 e. The van der Waals surface area contributed by atoms with Crippen molar-refractivity contribution in [2.24, 2.45) is 12.8 Å². The number of nitrogens with two attached hydrogens (primary N) is 1. The van der Waals surface area contributed by atoms with Crippen LogP contribution >= 0.6 is 0 Å². The summed E-state index contributed by atoms with van der Waals surface area (Å²) in [5, 5.41) is 4.23. The lowest BCUT2D eigenvalue weighted by Crippen LogP contribution is -2.50. The summed E-state index contributed by atoms with van der Waals surface area (Å²) in [6.45, 7) is 0.721. The number of rotatable bonds is 3. The molecule has 24 heavy (non-hydrogen) atoms. The highest BCUT2D eigenvalue weighted by atomic mass is 19.1. The number of nitrogens with zero attached hydrogens (tertiary/aromatic N) is 3. The van der Waals surface area contributed by atoms with Gasteiger partial charge in [-0.15, -0.1) is 0 Å². The molecule has 0 saturated carbocycles. The average molecular weight is 332 g/mol. The number of aromatic nitrogens is 2. The van der Waals surface area contributed by atoms with Crippen LogP contribution < -0.4 is 5.73 Å². The molecule has 1 atom stereocenters. The standard InChI is InChI=1S/C16H17FN4O3/c1-20-13(10-2-4-11(17)5-3-10)8-12(19-20)16(23)21-6-7-24-14(9-21)15(18)22/h2-5,8,14H,6-7,9H2,1H3,(H2,18,22). The van der Waals surface area contributed by atoms with Crippen molar-refractivity contribution in [1.82, 2.24) is 14.7 Å². The van der Waals surface area contributed by atoms with Gasteiger partial charge in [-0.25, -0.2) is 4.39 Å². The van der Waals surface area contributed by atoms with E-state index in [1.807, 2.05) is 0 Å². The third-order valence-electron chi connectivity index (χ3n) is 3.91. The van der Waals surface area contributed by atoms with Gasteiger partial charge in [0.25, 0.3) is 5.91 Å². The SMILES string of the molecule is Cn1nc(C(=O)N2CCOC(C(N)=O)C2)cc1-c1ccc(F)cc1. The molecule has 1 unspecified atom stereocenters. The lowest BCUT2D eigenvalue weighted by atomic mass is 10.1. The van der Waals surface area contributed by atoms with Gasteiger partial charge in [0, 0.05) is 13.6 Å². The van der Waals surface area contributed by atoms with Crippen LogP contribution in [0.15, 0.2) is 30.3 Å². The molecule has 1 fully saturated rings. The maximum atomic E-state index is 13.0. The number of halogens is 1. The van der Waals surface area contributed by atoms with E-state index in [0.29, 0.717) is 12.2 Å². The van der Waals surface area contributed by atoms with Crippen LogP contribution in [0.3, 0.4) is 0 Å². The Labute approximate surface area is 137 Å². The summed E-state index contributed by atoms with van der Waals surface area (Å²) in [4.78, 5) is 25.3. The van der Waals surface area contributed by atoms with Crippen LogP contribution in [0.4, 0.5) is 4.39 Å². The van der Waals surface area contributed by atoms with Gasteiger partial charge < -0.3 is 15.4 Å². The maximum absolute atomic E-state index is 13.0. The van der Waals surface area contributed by atoms with Gasteiger partial charge in [-0.05, 0) is 35.9 Å². The van der Waals surface area contributed by atoms with Crippen LogP contribution in [0.5, 0.6) is 0 Å². The highest BCUT2D eigenvalue weighted by molar-refractivity contribution is 5.94. The fraction of sp³-hybridized carbons (Fsp3) is 0.312. The monoisotopic (exact) mass is 332 g/mol. The Hall–Kier alpha value is -2.74. The summed E-state index contributed by atoms with van der Waals surface area (Å²) in [6, 6.07) is 7.59. The van der Waals surface area contributed by atoms with Crippen molar-refractivity contribution < 1.29 is 18.7 Å². The normalized spacial score (nSPS) is 17.8. The number of ether oxygens (including phenoxy) is 1. The van der Waals surface area contributed by atoms with E-state index in [1.54, 1.807) is 29.9 Å². The quantitative estimate of drug-likeness (QED) is 0.889. The largest absolute Gasteiger partial charge is 0.367 e. The molecule has 126 valence electrons. The molecule has 0 aliphatic carbocycles. The maximum Gasteiger partial charge on any atom is 0.274 e. The minimum atomic E-state index is -0.803. The summed E-state index contributed by atoms with van der Waals surface area (Å²) in [6.07, 6.45) is -0.803. The van der Waals surface area contributed by atoms with Gasteiger partial charge >= 0.3 is 0 Å². The van der Waals surface area contributed by atoms with Crippen molar-refractivity contribution in [2.75, 3.05) is 19.7 Å². The Bertz CT molecular complexity index is 772. The van der Waals surface area contributed by atoms with Gasteiger partial charge in [0.1, 0.15) is 5.82 Å². The van der Waals surface area contributed by atoms with E-state index in [0.717, 1.165) is 5.56 Å². The molecule has 0 spiro atoms. The van der Waals surface area contributed by atoms with E-state index >= 15 is 0 Å². The van der Waals surface area contributed by atoms with Crippen molar-refractivity contribution in [3.63, 3.8) is 0 Å². The van der Waals surface area contributed by atoms with Gasteiger partial charge in [-0.2, -0.15) is 5.10 Å². The number of primary amides is 1. The average Bonchev–Trinajstić information content (AvgIpc) is 2.97. The van der Waals surface area contributed by atoms with Crippen LogP contribution in [0, 0.1) is 5.82 Å². The first-order chi connectivity index (χ1) is 11.5. The van der Waals surface area contributed by atoms with Gasteiger partial charge in [0.15, 0.2) is 11.8 Å². The first kappa shape index (κ1) is 16.1. The summed E-state index contributed by atoms with van der Waals surface area (Å²) < 4.78 is 19.8. The van der Waals surface area contributed by atoms with E-state index in [-0.39, 0.29) is 30.6 Å². The van der Waals surface area contributed by atoms with Crippen LogP contribution in [-0.4, -0.2) is 52.3 Å². The Morgan fingerprint density at radius 3 is 2.71 bits per heavy atom. The molecule has 0 radical (unpaired) electrons. The van der Waals surface area contributed by atoms with E-state index < -0.39 is 12.0 Å². The molecule has 1 aliphatic rings. The zero-order valence-electron chi connectivity index (χ0n) is 13.1. The van der Waals surface area contributed by atoms with E-state index in [9.17, 15) is 14.0 Å². The van der Waals surface area contributed by atoms with Crippen LogP contribution in [0.2, 0.25) is 0 Å². The molecule has 1 aliphatic heterocycles. The minimum Gasteiger partial charge on any atom is -0.367 e. The minimum absolute atomic E-state index is 0.108. The van der Waals surface area contributed by atoms with Crippen molar-refractivity contribution in [2.45, 2.75) is 6.10 Å². The molecule has 3 rings (SSSR count). The molecular weight excluding hydrogens is 315 g/mol. The number of benzene rings is 1. The van der Waals surface area contributed by atoms with E-state index in [4.69, 9.17) is 10.5 Å². The molecule has 2 amide bonds. The number of aryl methyl sites for hydroxylation is 1. The number of carbonyl (C=O) groups excluding carboxylic acids is 2. The second-order valence-electron chi connectivity index (χ2n) is 5.56. The molecule has 1 saturated heterocycles. The van der Waals surface area contributed by atoms with Gasteiger partial charge in [0.2, 0.25) is 5.91 Å². The molecule has 1 aromatic heterocycles. The Kier molecular flexibility index (Phi) is 4.30. The summed E-state index contributed by atoms with van der Waals surface area (Å²) in [5.41, 5.74) is 6.93. The zero-order chi connectivity index (χ0) is 17.3. The second kappa shape index (κ2) is 6.40. The Morgan fingerprint density at radius 2 is 2.04 bits per heavy atom. The lowest BCUT2D eigenvalue weighted by Gasteiger charge is -2.30. The van der Waals surface area contributed by atoms with Crippen LogP contribution in [-0.2, 0) is 16.6 Å². The third kappa shape index (κ3) is 3.13. The third-order valence-corrected chi connectivity index (χ3v) is 3.91. The number of carbonyl (C=O) groups is 2. The van der Waals surface area contributed by atoms with E-state index in [2.05, 4.69) is 5.10 Å². The first-order valence-corrected chi connectivity index (χ1v) is 7.46. The van der Waals surface area contributed by atoms with Gasteiger partial charge in [-0.1, -0.05) is 0 Å². The van der Waals surface area contributed by atoms with Crippen LogP contribution in [0.25, 0.3) is 11.3 Å². The summed E-state index contributed by atoms with van der Waals surface area (Å²) in [5.74, 6) is -1.22. The second-order valence-corrected chi connectivity index (χ2v) is 5.56. The predicted octanol–water partition coefficient (Wildman–Crippen LogP) is 0.552. The predicted molar refractivity (Wildman–Crippen MR) is 83.4 cm³/mol. The Morgan fingerprint density at radius 1 is 1.33 bits per heavy atom. The van der Waals surface area contributed by atoms with Crippen LogP contribution in [0.1, 0.15) is 10.5 Å². The number of hydrogen-bond acceptors (Lipinski definition) is 4. The number of hydrogen-bond donors (Lipinski definition) is 1. The topological polar surface area (TPSA) is 90.4 Å². The highest BCUT2D eigenvalue weighted by Gasteiger charge is 2.29. The highest BCUT2D eigenvalue weighted by Crippen LogP contribution is 2.21. The van der Waals surface area contributed by atoms with Crippen molar-refractivity contribution in [1.29, 1.82) is 0 Å². The molecule has 7 nitrogen and oxygen atoms in total. The van der Waals surface area contributed by atoms with Crippen molar-refractivity contribution in [3.05, 3.63) is 41.8 Å². The zero-order valence-corrected chi connectivity index (χ0v) is 13.1. The lowest BCUT2D eigenvalue weighted by molar-refractivity contribution is -0.133. The molecule has 8 heteroatoms. The number of morpholine rings is 1. The first-order valence-electron chi connectivity index (χ1n) is 7.46. The van der Waals surface area contributed by atoms with E-state index in [1.165, 1.54) is 17.0 Å². The molecule has 2 heterocycles. The van der Waals surface area contributed by atoms with Gasteiger partial charge in [0.05, 0.1) is 18.8 Å². The molecule has 2 N–H and O–H groups in total. The molecule has 2 aromatic rings. The molecule has 0 bridgehead atoms. The summed E-state index contributed by atoms with van der Waals surface area (Å²) in [7, 11) is 1.71. The summed E-state index contributed by atoms with van der Waals surface area (Å²) >= 11 is 0. The number of amides is 2. The van der Waals surface area contributed by atoms with Crippen molar-refractivity contribution >= 4 is 11.8 Å². The van der Waals surface area contributed by atoms with Gasteiger partial charge in [-0.3, -0.25) is 14.3 Å². The van der Waals surface area contributed by atoms with Crippen molar-refractivity contribution in [3.8, 4) is 11.3 Å². The Balaban J connectivity index is 1.82. The fourth-order valence-corrected chi connectivity index (χ4v) is 2.63. The fourth-order valence-electron chi connectivity index (χ4n) is 2.63.